The maximum Gasteiger partial charge on any atom is 0.223 e. The highest BCUT2D eigenvalue weighted by Crippen LogP contribution is 2.21. The van der Waals surface area contributed by atoms with Gasteiger partial charge in [0.25, 0.3) is 0 Å². The summed E-state index contributed by atoms with van der Waals surface area (Å²) in [6.07, 6.45) is 1.35. The molecular weight excluding hydrogens is 372 g/mol. The number of carbonyl (C=O) groups is 2. The van der Waals surface area contributed by atoms with Crippen LogP contribution in [-0.4, -0.2) is 23.3 Å². The van der Waals surface area contributed by atoms with Gasteiger partial charge in [-0.25, -0.2) is 0 Å². The lowest BCUT2D eigenvalue weighted by atomic mass is 9.99. The Balaban J connectivity index is 1.25. The number of fused-ring (bicyclic) bond motifs is 1. The van der Waals surface area contributed by atoms with Crippen molar-refractivity contribution in [2.75, 3.05) is 6.54 Å². The molecule has 30 heavy (non-hydrogen) atoms. The minimum Gasteiger partial charge on any atom is -0.352 e. The molecule has 1 aliphatic heterocycles. The zero-order valence-electron chi connectivity index (χ0n) is 17.0. The van der Waals surface area contributed by atoms with Crippen molar-refractivity contribution >= 4 is 11.8 Å². The predicted molar refractivity (Wildman–Crippen MR) is 119 cm³/mol. The summed E-state index contributed by atoms with van der Waals surface area (Å²) in [6.45, 7) is 1.83. The summed E-state index contributed by atoms with van der Waals surface area (Å²) >= 11 is 0. The average Bonchev–Trinajstić information content (AvgIpc) is 2.81. The molecule has 3 aromatic carbocycles. The van der Waals surface area contributed by atoms with Gasteiger partial charge in [0.1, 0.15) is 0 Å². The van der Waals surface area contributed by atoms with Gasteiger partial charge in [-0.2, -0.15) is 0 Å². The van der Waals surface area contributed by atoms with E-state index in [9.17, 15) is 9.59 Å². The highest BCUT2D eigenvalue weighted by molar-refractivity contribution is 5.84. The number of amides is 2. The van der Waals surface area contributed by atoms with Crippen LogP contribution in [0.3, 0.4) is 0 Å². The zero-order chi connectivity index (χ0) is 20.8. The van der Waals surface area contributed by atoms with Crippen LogP contribution in [0.4, 0.5) is 0 Å². The fourth-order valence-electron chi connectivity index (χ4n) is 3.87. The van der Waals surface area contributed by atoms with Crippen LogP contribution in [-0.2, 0) is 29.1 Å². The molecule has 0 atom stereocenters. The van der Waals surface area contributed by atoms with Gasteiger partial charge in [0.15, 0.2) is 0 Å². The molecule has 0 saturated heterocycles. The molecule has 152 valence electrons. The topological polar surface area (TPSA) is 49.4 Å². The first-order valence-electron chi connectivity index (χ1n) is 10.4. The molecule has 0 bridgehead atoms. The van der Waals surface area contributed by atoms with E-state index in [0.717, 1.165) is 29.7 Å². The van der Waals surface area contributed by atoms with E-state index in [1.54, 1.807) is 0 Å². The lowest BCUT2D eigenvalue weighted by molar-refractivity contribution is -0.134. The smallest absolute Gasteiger partial charge is 0.223 e. The Morgan fingerprint density at radius 1 is 0.800 bits per heavy atom. The third-order valence-corrected chi connectivity index (χ3v) is 5.57. The highest BCUT2D eigenvalue weighted by atomic mass is 16.2. The van der Waals surface area contributed by atoms with Gasteiger partial charge in [0, 0.05) is 32.5 Å². The third kappa shape index (κ3) is 4.95. The van der Waals surface area contributed by atoms with Crippen LogP contribution in [0.15, 0.2) is 78.9 Å². The Kier molecular flexibility index (Phi) is 6.23. The quantitative estimate of drug-likeness (QED) is 0.672. The Bertz CT molecular complexity index is 1030. The number of carbonyl (C=O) groups excluding carboxylic acids is 2. The molecule has 1 aliphatic rings. The maximum atomic E-state index is 12.5. The molecule has 2 amide bonds. The van der Waals surface area contributed by atoms with Crippen molar-refractivity contribution in [1.29, 1.82) is 0 Å². The second kappa shape index (κ2) is 9.40. The Labute approximate surface area is 177 Å². The monoisotopic (exact) mass is 398 g/mol. The van der Waals surface area contributed by atoms with Crippen molar-refractivity contribution in [3.05, 3.63) is 95.6 Å². The first kappa shape index (κ1) is 19.9. The summed E-state index contributed by atoms with van der Waals surface area (Å²) in [5.74, 6) is -0.0448. The number of nitrogens with zero attached hydrogens (tertiary/aromatic N) is 1. The number of nitrogens with one attached hydrogen (secondary N) is 1. The van der Waals surface area contributed by atoms with Crippen LogP contribution in [0, 0.1) is 0 Å². The molecule has 1 N–H and O–H groups in total. The summed E-state index contributed by atoms with van der Waals surface area (Å²) in [5, 5.41) is 2.94. The van der Waals surface area contributed by atoms with Crippen LogP contribution in [0.25, 0.3) is 11.1 Å². The van der Waals surface area contributed by atoms with Gasteiger partial charge < -0.3 is 10.2 Å². The highest BCUT2D eigenvalue weighted by Gasteiger charge is 2.20. The average molecular weight is 399 g/mol. The molecule has 0 saturated carbocycles. The van der Waals surface area contributed by atoms with E-state index in [2.05, 4.69) is 41.7 Å². The SMILES string of the molecule is O=C(CCC(=O)N1CCc2ccccc2C1)NCc1cccc(-c2ccccc2)c1. The minimum absolute atomic E-state index is 0.0470. The van der Waals surface area contributed by atoms with E-state index in [1.165, 1.54) is 11.1 Å². The van der Waals surface area contributed by atoms with E-state index in [0.29, 0.717) is 13.1 Å². The van der Waals surface area contributed by atoms with Crippen LogP contribution in [0.5, 0.6) is 0 Å². The van der Waals surface area contributed by atoms with Crippen molar-refractivity contribution in [2.24, 2.45) is 0 Å². The normalized spacial score (nSPS) is 12.9. The fraction of sp³-hybridized carbons (Fsp3) is 0.231. The molecule has 0 aliphatic carbocycles. The second-order valence-electron chi connectivity index (χ2n) is 7.68. The van der Waals surface area contributed by atoms with Crippen molar-refractivity contribution in [3.63, 3.8) is 0 Å². The number of hydrogen-bond acceptors (Lipinski definition) is 2. The molecule has 0 spiro atoms. The molecule has 0 radical (unpaired) electrons. The fourth-order valence-corrected chi connectivity index (χ4v) is 3.87. The molecule has 0 fully saturated rings. The summed E-state index contributed by atoms with van der Waals surface area (Å²) in [5.41, 5.74) is 5.85. The molecule has 0 unspecified atom stereocenters. The Hall–Kier alpha value is -3.40. The third-order valence-electron chi connectivity index (χ3n) is 5.57. The van der Waals surface area contributed by atoms with Gasteiger partial charge in [-0.3, -0.25) is 9.59 Å². The predicted octanol–water partition coefficient (Wildman–Crippen LogP) is 4.33. The van der Waals surface area contributed by atoms with Gasteiger partial charge in [-0.15, -0.1) is 0 Å². The van der Waals surface area contributed by atoms with E-state index in [4.69, 9.17) is 0 Å². The van der Waals surface area contributed by atoms with E-state index in [-0.39, 0.29) is 24.7 Å². The van der Waals surface area contributed by atoms with Gasteiger partial charge in [0.2, 0.25) is 11.8 Å². The standard InChI is InChI=1S/C26H26N2O2/c29-25(13-14-26(30)28-16-15-22-10-4-5-11-24(22)19-28)27-18-20-7-6-12-23(17-20)21-8-2-1-3-9-21/h1-12,17H,13-16,18-19H2,(H,27,29). The zero-order valence-corrected chi connectivity index (χ0v) is 17.0. The summed E-state index contributed by atoms with van der Waals surface area (Å²) in [6, 6.07) is 26.6. The molecule has 1 heterocycles. The van der Waals surface area contributed by atoms with Gasteiger partial charge in [-0.05, 0) is 40.3 Å². The lowest BCUT2D eigenvalue weighted by Crippen LogP contribution is -2.36. The first-order valence-corrected chi connectivity index (χ1v) is 10.4. The maximum absolute atomic E-state index is 12.5. The van der Waals surface area contributed by atoms with Crippen LogP contribution in [0.1, 0.15) is 29.5 Å². The van der Waals surface area contributed by atoms with Crippen molar-refractivity contribution in [2.45, 2.75) is 32.4 Å². The van der Waals surface area contributed by atoms with Crippen molar-refractivity contribution < 1.29 is 9.59 Å². The van der Waals surface area contributed by atoms with Gasteiger partial charge in [0.05, 0.1) is 0 Å². The molecule has 4 nitrogen and oxygen atoms in total. The minimum atomic E-state index is -0.0918. The van der Waals surface area contributed by atoms with Gasteiger partial charge in [-0.1, -0.05) is 72.8 Å². The second-order valence-corrected chi connectivity index (χ2v) is 7.68. The summed E-state index contributed by atoms with van der Waals surface area (Å²) in [7, 11) is 0. The Morgan fingerprint density at radius 2 is 1.53 bits per heavy atom. The van der Waals surface area contributed by atoms with E-state index < -0.39 is 0 Å². The molecular formula is C26H26N2O2. The lowest BCUT2D eigenvalue weighted by Gasteiger charge is -2.28. The van der Waals surface area contributed by atoms with Crippen LogP contribution >= 0.6 is 0 Å². The summed E-state index contributed by atoms with van der Waals surface area (Å²) in [4.78, 5) is 26.7. The van der Waals surface area contributed by atoms with Gasteiger partial charge >= 0.3 is 0 Å². The number of benzene rings is 3. The van der Waals surface area contributed by atoms with Crippen LogP contribution in [0.2, 0.25) is 0 Å². The molecule has 3 aromatic rings. The van der Waals surface area contributed by atoms with E-state index in [1.807, 2.05) is 47.4 Å². The van der Waals surface area contributed by atoms with E-state index >= 15 is 0 Å². The first-order chi connectivity index (χ1) is 14.7. The van der Waals surface area contributed by atoms with Crippen molar-refractivity contribution in [3.8, 4) is 11.1 Å². The molecule has 4 heteroatoms. The number of rotatable bonds is 6. The molecule has 0 aromatic heterocycles. The Morgan fingerprint density at radius 3 is 2.37 bits per heavy atom. The summed E-state index contributed by atoms with van der Waals surface area (Å²) < 4.78 is 0. The van der Waals surface area contributed by atoms with Crippen LogP contribution < -0.4 is 5.32 Å². The molecule has 4 rings (SSSR count). The largest absolute Gasteiger partial charge is 0.352 e. The number of hydrogen-bond donors (Lipinski definition) is 1. The van der Waals surface area contributed by atoms with Crippen molar-refractivity contribution in [1.82, 2.24) is 10.2 Å².